The van der Waals surface area contributed by atoms with Gasteiger partial charge in [0.25, 0.3) is 10.0 Å². The van der Waals surface area contributed by atoms with Crippen molar-refractivity contribution in [1.29, 1.82) is 0 Å². The lowest BCUT2D eigenvalue weighted by Crippen LogP contribution is -2.37. The molecule has 2 N–H and O–H groups in total. The molecule has 1 heterocycles. The molecule has 0 aromatic carbocycles. The second kappa shape index (κ2) is 7.72. The normalized spacial score (nSPS) is 15.5. The molecule has 0 saturated heterocycles. The van der Waals surface area contributed by atoms with Gasteiger partial charge >= 0.3 is 0 Å². The third kappa shape index (κ3) is 5.26. The molecular weight excluding hydrogens is 308 g/mol. The summed E-state index contributed by atoms with van der Waals surface area (Å²) in [6.07, 6.45) is 7.81. The first-order valence-electron chi connectivity index (χ1n) is 7.06. The van der Waals surface area contributed by atoms with Gasteiger partial charge in [0, 0.05) is 6.54 Å². The van der Waals surface area contributed by atoms with Crippen molar-refractivity contribution in [2.24, 2.45) is 0 Å². The summed E-state index contributed by atoms with van der Waals surface area (Å²) >= 11 is 1.13. The summed E-state index contributed by atoms with van der Waals surface area (Å²) in [7, 11) is -3.56. The van der Waals surface area contributed by atoms with Gasteiger partial charge < -0.3 is 5.32 Å². The first-order chi connectivity index (χ1) is 10.1. The van der Waals surface area contributed by atoms with Crippen molar-refractivity contribution in [2.45, 2.75) is 36.3 Å². The molecule has 116 valence electrons. The molecule has 0 unspecified atom stereocenters. The minimum Gasteiger partial charge on any atom is -0.355 e. The molecule has 0 radical (unpaired) electrons. The monoisotopic (exact) mass is 328 g/mol. The van der Waals surface area contributed by atoms with Crippen LogP contribution in [0.25, 0.3) is 0 Å². The van der Waals surface area contributed by atoms with Gasteiger partial charge in [0.2, 0.25) is 5.91 Å². The van der Waals surface area contributed by atoms with E-state index in [0.29, 0.717) is 6.54 Å². The Hall–Kier alpha value is -1.18. The van der Waals surface area contributed by atoms with E-state index in [4.69, 9.17) is 0 Å². The molecule has 1 amide bonds. The molecule has 2 rings (SSSR count). The van der Waals surface area contributed by atoms with Gasteiger partial charge in [-0.3, -0.25) is 4.79 Å². The van der Waals surface area contributed by atoms with Crippen LogP contribution in [0.3, 0.4) is 0 Å². The van der Waals surface area contributed by atoms with Gasteiger partial charge in [0.05, 0.1) is 6.54 Å². The quantitative estimate of drug-likeness (QED) is 0.752. The number of hydrogen-bond donors (Lipinski definition) is 2. The van der Waals surface area contributed by atoms with Crippen LogP contribution in [0, 0.1) is 0 Å². The molecule has 5 nitrogen and oxygen atoms in total. The van der Waals surface area contributed by atoms with Crippen LogP contribution in [0.5, 0.6) is 0 Å². The Bertz CT molecular complexity index is 592. The summed E-state index contributed by atoms with van der Waals surface area (Å²) in [6.45, 7) is 0.338. The van der Waals surface area contributed by atoms with Crippen molar-refractivity contribution in [1.82, 2.24) is 10.0 Å². The molecule has 1 aromatic heterocycles. The van der Waals surface area contributed by atoms with Gasteiger partial charge in [-0.1, -0.05) is 17.7 Å². The Labute approximate surface area is 129 Å². The van der Waals surface area contributed by atoms with Gasteiger partial charge in [-0.15, -0.1) is 11.3 Å². The number of hydrogen-bond acceptors (Lipinski definition) is 4. The topological polar surface area (TPSA) is 75.3 Å². The Morgan fingerprint density at radius 2 is 2.19 bits per heavy atom. The van der Waals surface area contributed by atoms with Crippen LogP contribution in [-0.4, -0.2) is 27.4 Å². The number of carbonyl (C=O) groups excluding carboxylic acids is 1. The largest absolute Gasteiger partial charge is 0.355 e. The minimum absolute atomic E-state index is 0.223. The molecule has 7 heteroatoms. The van der Waals surface area contributed by atoms with E-state index in [2.05, 4.69) is 16.1 Å². The average molecular weight is 328 g/mol. The fourth-order valence-electron chi connectivity index (χ4n) is 2.20. The molecule has 0 aliphatic heterocycles. The lowest BCUT2D eigenvalue weighted by atomic mass is 9.97. The van der Waals surface area contributed by atoms with Crippen molar-refractivity contribution < 1.29 is 13.2 Å². The highest BCUT2D eigenvalue weighted by Gasteiger charge is 2.16. The standard InChI is InChI=1S/C14H20N2O3S2/c17-13(15-9-8-12-5-2-1-3-6-12)11-16-21(18,19)14-7-4-10-20-14/h4-5,7,10,16H,1-3,6,8-9,11H2,(H,15,17). The molecule has 0 atom stereocenters. The molecule has 0 saturated carbocycles. The van der Waals surface area contributed by atoms with Crippen LogP contribution >= 0.6 is 11.3 Å². The Kier molecular flexibility index (Phi) is 5.96. The van der Waals surface area contributed by atoms with E-state index in [0.717, 1.165) is 30.6 Å². The van der Waals surface area contributed by atoms with Crippen LogP contribution in [0.15, 0.2) is 33.4 Å². The Morgan fingerprint density at radius 3 is 2.86 bits per heavy atom. The first-order valence-corrected chi connectivity index (χ1v) is 9.42. The number of carbonyl (C=O) groups is 1. The van der Waals surface area contributed by atoms with Gasteiger partial charge in [0.1, 0.15) is 4.21 Å². The van der Waals surface area contributed by atoms with Gasteiger partial charge in [0.15, 0.2) is 0 Å². The molecule has 1 aromatic rings. The van der Waals surface area contributed by atoms with E-state index in [1.165, 1.54) is 24.5 Å². The maximum Gasteiger partial charge on any atom is 0.250 e. The summed E-state index contributed by atoms with van der Waals surface area (Å²) in [5.41, 5.74) is 1.39. The van der Waals surface area contributed by atoms with E-state index in [9.17, 15) is 13.2 Å². The lowest BCUT2D eigenvalue weighted by molar-refractivity contribution is -0.119. The van der Waals surface area contributed by atoms with E-state index < -0.39 is 10.0 Å². The molecule has 1 aliphatic rings. The number of rotatable bonds is 7. The number of allylic oxidation sites excluding steroid dienone is 1. The summed E-state index contributed by atoms with van der Waals surface area (Å²) in [5, 5.41) is 4.43. The van der Waals surface area contributed by atoms with E-state index in [1.807, 2.05) is 0 Å². The van der Waals surface area contributed by atoms with Crippen molar-refractivity contribution in [3.63, 3.8) is 0 Å². The van der Waals surface area contributed by atoms with E-state index >= 15 is 0 Å². The van der Waals surface area contributed by atoms with Crippen molar-refractivity contribution in [3.05, 3.63) is 29.2 Å². The first kappa shape index (κ1) is 16.2. The summed E-state index contributed by atoms with van der Waals surface area (Å²) in [5.74, 6) is -0.299. The fraction of sp³-hybridized carbons (Fsp3) is 0.500. The predicted octanol–water partition coefficient (Wildman–Crippen LogP) is 2.03. The zero-order chi connectivity index (χ0) is 15.1. The van der Waals surface area contributed by atoms with Crippen LogP contribution in [-0.2, 0) is 14.8 Å². The maximum absolute atomic E-state index is 11.8. The molecular formula is C14H20N2O3S2. The summed E-state index contributed by atoms with van der Waals surface area (Å²) < 4.78 is 26.2. The van der Waals surface area contributed by atoms with Gasteiger partial charge in [-0.05, 0) is 43.6 Å². The molecule has 0 spiro atoms. The van der Waals surface area contributed by atoms with Crippen molar-refractivity contribution in [3.8, 4) is 0 Å². The van der Waals surface area contributed by atoms with Crippen LogP contribution in [0.4, 0.5) is 0 Å². The lowest BCUT2D eigenvalue weighted by Gasteiger charge is -2.13. The van der Waals surface area contributed by atoms with E-state index in [-0.39, 0.29) is 16.7 Å². The third-order valence-corrected chi connectivity index (χ3v) is 6.13. The number of amides is 1. The van der Waals surface area contributed by atoms with Crippen LogP contribution in [0.2, 0.25) is 0 Å². The summed E-state index contributed by atoms with van der Waals surface area (Å²) in [6, 6.07) is 3.18. The number of nitrogens with one attached hydrogen (secondary N) is 2. The average Bonchev–Trinajstić information content (AvgIpc) is 3.01. The molecule has 0 fully saturated rings. The Morgan fingerprint density at radius 1 is 1.33 bits per heavy atom. The van der Waals surface area contributed by atoms with E-state index in [1.54, 1.807) is 11.4 Å². The van der Waals surface area contributed by atoms with Gasteiger partial charge in [-0.2, -0.15) is 0 Å². The van der Waals surface area contributed by atoms with Crippen LogP contribution in [0.1, 0.15) is 32.1 Å². The smallest absolute Gasteiger partial charge is 0.250 e. The zero-order valence-electron chi connectivity index (χ0n) is 11.8. The number of thiophene rings is 1. The zero-order valence-corrected chi connectivity index (χ0v) is 13.4. The SMILES string of the molecule is O=C(CNS(=O)(=O)c1cccs1)NCCC1=CCCCC1. The molecule has 21 heavy (non-hydrogen) atoms. The predicted molar refractivity (Wildman–Crippen MR) is 83.7 cm³/mol. The van der Waals surface area contributed by atoms with Crippen molar-refractivity contribution >= 4 is 27.3 Å². The fourth-order valence-corrected chi connectivity index (χ4v) is 4.22. The van der Waals surface area contributed by atoms with Gasteiger partial charge in [-0.25, -0.2) is 13.1 Å². The van der Waals surface area contributed by atoms with Crippen LogP contribution < -0.4 is 10.0 Å². The minimum atomic E-state index is -3.56. The second-order valence-electron chi connectivity index (χ2n) is 4.96. The summed E-state index contributed by atoms with van der Waals surface area (Å²) in [4.78, 5) is 11.6. The molecule has 0 bridgehead atoms. The highest BCUT2D eigenvalue weighted by Crippen LogP contribution is 2.19. The molecule has 1 aliphatic carbocycles. The maximum atomic E-state index is 11.8. The highest BCUT2D eigenvalue weighted by molar-refractivity contribution is 7.91. The van der Waals surface area contributed by atoms with Crippen molar-refractivity contribution in [2.75, 3.05) is 13.1 Å². The number of sulfonamides is 1. The third-order valence-electron chi connectivity index (χ3n) is 3.34. The second-order valence-corrected chi connectivity index (χ2v) is 7.91. The highest BCUT2D eigenvalue weighted by atomic mass is 32.2. The Balaban J connectivity index is 1.69.